The predicted octanol–water partition coefficient (Wildman–Crippen LogP) is 4.57. The van der Waals surface area contributed by atoms with Crippen LogP contribution < -0.4 is 14.8 Å². The molecule has 0 aliphatic heterocycles. The molecule has 0 saturated heterocycles. The molecular weight excluding hydrogens is 325 g/mol. The maximum Gasteiger partial charge on any atom is 0.255 e. The molecule has 6 heteroatoms. The third-order valence-corrected chi connectivity index (χ3v) is 3.65. The van der Waals surface area contributed by atoms with E-state index in [0.29, 0.717) is 32.8 Å². The minimum Gasteiger partial charge on any atom is -0.493 e. The molecule has 1 amide bonds. The number of carbonyl (C=O) groups is 1. The van der Waals surface area contributed by atoms with Crippen LogP contribution in [-0.2, 0) is 0 Å². The molecule has 0 bridgehead atoms. The molecule has 0 aliphatic carbocycles. The van der Waals surface area contributed by atoms with Gasteiger partial charge in [-0.2, -0.15) is 0 Å². The lowest BCUT2D eigenvalue weighted by Gasteiger charge is -2.13. The first-order valence-electron chi connectivity index (χ1n) is 6.45. The molecular formula is C16H15Cl2NO3. The first kappa shape index (κ1) is 16.5. The van der Waals surface area contributed by atoms with Gasteiger partial charge in [-0.3, -0.25) is 4.79 Å². The van der Waals surface area contributed by atoms with Gasteiger partial charge in [0.25, 0.3) is 5.91 Å². The number of hydrogen-bond acceptors (Lipinski definition) is 3. The van der Waals surface area contributed by atoms with Crippen LogP contribution in [0.25, 0.3) is 0 Å². The van der Waals surface area contributed by atoms with Gasteiger partial charge in [0.15, 0.2) is 11.5 Å². The number of anilines is 1. The molecule has 0 atom stereocenters. The van der Waals surface area contributed by atoms with Crippen LogP contribution >= 0.6 is 23.2 Å². The molecule has 0 radical (unpaired) electrons. The number of carbonyl (C=O) groups excluding carboxylic acids is 1. The van der Waals surface area contributed by atoms with Gasteiger partial charge in [-0.15, -0.1) is 0 Å². The van der Waals surface area contributed by atoms with E-state index < -0.39 is 0 Å². The minimum atomic E-state index is -0.298. The topological polar surface area (TPSA) is 47.6 Å². The number of aryl methyl sites for hydroxylation is 1. The molecule has 0 fully saturated rings. The first-order valence-corrected chi connectivity index (χ1v) is 7.21. The molecule has 2 aromatic rings. The fourth-order valence-electron chi connectivity index (χ4n) is 2.01. The van der Waals surface area contributed by atoms with Gasteiger partial charge < -0.3 is 14.8 Å². The van der Waals surface area contributed by atoms with Gasteiger partial charge in [0.2, 0.25) is 0 Å². The maximum atomic E-state index is 12.4. The average molecular weight is 340 g/mol. The van der Waals surface area contributed by atoms with Crippen LogP contribution in [0, 0.1) is 6.92 Å². The molecule has 116 valence electrons. The molecule has 0 unspecified atom stereocenters. The molecule has 4 nitrogen and oxygen atoms in total. The van der Waals surface area contributed by atoms with E-state index in [-0.39, 0.29) is 5.91 Å². The van der Waals surface area contributed by atoms with Crippen molar-refractivity contribution in [1.82, 2.24) is 0 Å². The number of ether oxygens (including phenoxy) is 2. The Bertz CT molecular complexity index is 717. The summed E-state index contributed by atoms with van der Waals surface area (Å²) in [6.07, 6.45) is 0. The Morgan fingerprint density at radius 1 is 1.09 bits per heavy atom. The van der Waals surface area contributed by atoms with Gasteiger partial charge >= 0.3 is 0 Å². The maximum absolute atomic E-state index is 12.4. The van der Waals surface area contributed by atoms with E-state index in [1.807, 2.05) is 6.92 Å². The van der Waals surface area contributed by atoms with Crippen LogP contribution in [0.4, 0.5) is 5.69 Å². The van der Waals surface area contributed by atoms with E-state index in [9.17, 15) is 4.79 Å². The van der Waals surface area contributed by atoms with E-state index in [1.165, 1.54) is 20.3 Å². The number of benzene rings is 2. The van der Waals surface area contributed by atoms with E-state index in [2.05, 4.69) is 5.32 Å². The molecule has 2 aromatic carbocycles. The fourth-order valence-corrected chi connectivity index (χ4v) is 2.53. The second-order valence-electron chi connectivity index (χ2n) is 4.61. The molecule has 0 aliphatic rings. The predicted molar refractivity (Wildman–Crippen MR) is 88.7 cm³/mol. The summed E-state index contributed by atoms with van der Waals surface area (Å²) in [5, 5.41) is 3.74. The Labute approximate surface area is 138 Å². The van der Waals surface area contributed by atoms with Gasteiger partial charge in [0, 0.05) is 16.3 Å². The van der Waals surface area contributed by atoms with E-state index >= 15 is 0 Å². The monoisotopic (exact) mass is 339 g/mol. The summed E-state index contributed by atoms with van der Waals surface area (Å²) in [4.78, 5) is 12.4. The lowest BCUT2D eigenvalue weighted by Crippen LogP contribution is -2.13. The molecule has 0 heterocycles. The third kappa shape index (κ3) is 3.46. The Hall–Kier alpha value is -1.91. The van der Waals surface area contributed by atoms with Crippen molar-refractivity contribution < 1.29 is 14.3 Å². The normalized spacial score (nSPS) is 10.2. The Balaban J connectivity index is 2.31. The molecule has 1 N–H and O–H groups in total. The summed E-state index contributed by atoms with van der Waals surface area (Å²) in [5.41, 5.74) is 1.92. The van der Waals surface area contributed by atoms with Gasteiger partial charge in [0.1, 0.15) is 0 Å². The molecule has 0 aromatic heterocycles. The second-order valence-corrected chi connectivity index (χ2v) is 5.45. The van der Waals surface area contributed by atoms with Crippen molar-refractivity contribution >= 4 is 34.8 Å². The Kier molecular flexibility index (Phi) is 5.16. The summed E-state index contributed by atoms with van der Waals surface area (Å²) >= 11 is 12.0. The SMILES string of the molecule is COc1cc(C(=O)Nc2ccc(Cl)cc2C)cc(Cl)c1OC. The van der Waals surface area contributed by atoms with Crippen molar-refractivity contribution in [2.24, 2.45) is 0 Å². The first-order chi connectivity index (χ1) is 10.5. The molecule has 22 heavy (non-hydrogen) atoms. The summed E-state index contributed by atoms with van der Waals surface area (Å²) in [6, 6.07) is 8.34. The van der Waals surface area contributed by atoms with Crippen molar-refractivity contribution in [3.05, 3.63) is 51.5 Å². The van der Waals surface area contributed by atoms with Gasteiger partial charge in [-0.1, -0.05) is 23.2 Å². The summed E-state index contributed by atoms with van der Waals surface area (Å²) < 4.78 is 10.3. The van der Waals surface area contributed by atoms with E-state index in [4.69, 9.17) is 32.7 Å². The largest absolute Gasteiger partial charge is 0.493 e. The van der Waals surface area contributed by atoms with Crippen LogP contribution in [-0.4, -0.2) is 20.1 Å². The zero-order valence-electron chi connectivity index (χ0n) is 12.4. The number of hydrogen-bond donors (Lipinski definition) is 1. The number of amides is 1. The lowest BCUT2D eigenvalue weighted by molar-refractivity contribution is 0.102. The average Bonchev–Trinajstić information content (AvgIpc) is 2.49. The van der Waals surface area contributed by atoms with E-state index in [1.54, 1.807) is 24.3 Å². The molecule has 0 spiro atoms. The number of rotatable bonds is 4. The van der Waals surface area contributed by atoms with Crippen molar-refractivity contribution in [2.75, 3.05) is 19.5 Å². The standard InChI is InChI=1S/C16H15Cl2NO3/c1-9-6-11(17)4-5-13(9)19-16(20)10-7-12(18)15(22-3)14(8-10)21-2/h4-8H,1-3H3,(H,19,20). The Morgan fingerprint density at radius 2 is 1.82 bits per heavy atom. The van der Waals surface area contributed by atoms with Crippen LogP contribution in [0.2, 0.25) is 10.0 Å². The summed E-state index contributed by atoms with van der Waals surface area (Å²) in [6.45, 7) is 1.86. The highest BCUT2D eigenvalue weighted by Crippen LogP contribution is 2.36. The van der Waals surface area contributed by atoms with Crippen LogP contribution in [0.1, 0.15) is 15.9 Å². The highest BCUT2D eigenvalue weighted by atomic mass is 35.5. The van der Waals surface area contributed by atoms with Crippen molar-refractivity contribution in [3.8, 4) is 11.5 Å². The van der Waals surface area contributed by atoms with Crippen LogP contribution in [0.5, 0.6) is 11.5 Å². The van der Waals surface area contributed by atoms with E-state index in [0.717, 1.165) is 5.56 Å². The smallest absolute Gasteiger partial charge is 0.255 e. The highest BCUT2D eigenvalue weighted by molar-refractivity contribution is 6.33. The van der Waals surface area contributed by atoms with Gasteiger partial charge in [-0.25, -0.2) is 0 Å². The van der Waals surface area contributed by atoms with Crippen LogP contribution in [0.15, 0.2) is 30.3 Å². The van der Waals surface area contributed by atoms with Gasteiger partial charge in [0.05, 0.1) is 19.2 Å². The molecule has 2 rings (SSSR count). The lowest BCUT2D eigenvalue weighted by atomic mass is 10.1. The third-order valence-electron chi connectivity index (χ3n) is 3.13. The minimum absolute atomic E-state index is 0.298. The Morgan fingerprint density at radius 3 is 2.41 bits per heavy atom. The fraction of sp³-hybridized carbons (Fsp3) is 0.188. The zero-order chi connectivity index (χ0) is 16.3. The zero-order valence-corrected chi connectivity index (χ0v) is 13.9. The number of nitrogens with one attached hydrogen (secondary N) is 1. The van der Waals surface area contributed by atoms with Crippen molar-refractivity contribution in [1.29, 1.82) is 0 Å². The summed E-state index contributed by atoms with van der Waals surface area (Å²) in [7, 11) is 2.97. The summed E-state index contributed by atoms with van der Waals surface area (Å²) in [5.74, 6) is 0.490. The number of halogens is 2. The van der Waals surface area contributed by atoms with Gasteiger partial charge in [-0.05, 0) is 42.8 Å². The van der Waals surface area contributed by atoms with Crippen molar-refractivity contribution in [2.45, 2.75) is 6.92 Å². The number of methoxy groups -OCH3 is 2. The quantitative estimate of drug-likeness (QED) is 0.887. The van der Waals surface area contributed by atoms with Crippen molar-refractivity contribution in [3.63, 3.8) is 0 Å². The second kappa shape index (κ2) is 6.90. The van der Waals surface area contributed by atoms with Crippen LogP contribution in [0.3, 0.4) is 0 Å². The molecule has 0 saturated carbocycles. The highest BCUT2D eigenvalue weighted by Gasteiger charge is 2.15.